The zero-order chi connectivity index (χ0) is 18.8. The summed E-state index contributed by atoms with van der Waals surface area (Å²) in [5, 5.41) is 11.7. The van der Waals surface area contributed by atoms with E-state index >= 15 is 0 Å². The smallest absolute Gasteiger partial charge is 0.408 e. The first-order valence-corrected chi connectivity index (χ1v) is 9.10. The van der Waals surface area contributed by atoms with Crippen molar-refractivity contribution in [3.63, 3.8) is 0 Å². The maximum Gasteiger partial charge on any atom is 0.408 e. The van der Waals surface area contributed by atoms with Gasteiger partial charge in [-0.3, -0.25) is 0 Å². The summed E-state index contributed by atoms with van der Waals surface area (Å²) in [7, 11) is 0. The first-order chi connectivity index (χ1) is 11.9. The van der Waals surface area contributed by atoms with E-state index in [0.717, 1.165) is 11.3 Å². The molecular weight excluding hydrogens is 367 g/mol. The van der Waals surface area contributed by atoms with Crippen molar-refractivity contribution in [3.05, 3.63) is 29.8 Å². The average molecular weight is 391 g/mol. The SMILES string of the molecule is CC(C)OC(=O)N[C@@H](Cc1ccc(N(CCCl)CCCl)cc1)C(=O)O. The van der Waals surface area contributed by atoms with Gasteiger partial charge in [0.15, 0.2) is 0 Å². The van der Waals surface area contributed by atoms with Crippen molar-refractivity contribution in [2.75, 3.05) is 29.7 Å². The van der Waals surface area contributed by atoms with E-state index in [2.05, 4.69) is 10.2 Å². The van der Waals surface area contributed by atoms with Gasteiger partial charge in [-0.2, -0.15) is 0 Å². The molecule has 0 heterocycles. The number of hydrogen-bond acceptors (Lipinski definition) is 4. The lowest BCUT2D eigenvalue weighted by molar-refractivity contribution is -0.139. The molecule has 6 nitrogen and oxygen atoms in total. The molecule has 1 rings (SSSR count). The van der Waals surface area contributed by atoms with Gasteiger partial charge in [0.2, 0.25) is 0 Å². The van der Waals surface area contributed by atoms with Crippen LogP contribution in [0.1, 0.15) is 19.4 Å². The van der Waals surface area contributed by atoms with E-state index in [0.29, 0.717) is 24.8 Å². The summed E-state index contributed by atoms with van der Waals surface area (Å²) in [5.74, 6) is -0.140. The maximum atomic E-state index is 11.6. The monoisotopic (exact) mass is 390 g/mol. The number of amides is 1. The lowest BCUT2D eigenvalue weighted by atomic mass is 10.1. The van der Waals surface area contributed by atoms with Crippen LogP contribution in [0, 0.1) is 0 Å². The normalized spacial score (nSPS) is 11.9. The molecule has 1 aromatic carbocycles. The number of nitrogens with zero attached hydrogens (tertiary/aromatic N) is 1. The van der Waals surface area contributed by atoms with E-state index < -0.39 is 18.1 Å². The number of nitrogens with one attached hydrogen (secondary N) is 1. The number of anilines is 1. The number of alkyl halides is 2. The molecule has 1 atom stereocenters. The number of benzene rings is 1. The minimum Gasteiger partial charge on any atom is -0.480 e. The number of carbonyl (C=O) groups excluding carboxylic acids is 1. The minimum absolute atomic E-state index is 0.161. The Morgan fingerprint density at radius 1 is 1.16 bits per heavy atom. The second kappa shape index (κ2) is 11.1. The number of ether oxygens (including phenoxy) is 1. The van der Waals surface area contributed by atoms with Crippen LogP contribution in [0.3, 0.4) is 0 Å². The first kappa shape index (κ1) is 21.4. The van der Waals surface area contributed by atoms with Gasteiger partial charge in [0, 0.05) is 37.0 Å². The molecule has 0 aliphatic carbocycles. The van der Waals surface area contributed by atoms with Crippen LogP contribution in [0.2, 0.25) is 0 Å². The number of alkyl carbamates (subject to hydrolysis) is 1. The second-order valence-corrected chi connectivity index (χ2v) is 6.48. The fourth-order valence-corrected chi connectivity index (χ4v) is 2.65. The van der Waals surface area contributed by atoms with Gasteiger partial charge in [0.05, 0.1) is 6.10 Å². The Labute approximate surface area is 158 Å². The molecule has 1 amide bonds. The Morgan fingerprint density at radius 3 is 2.16 bits per heavy atom. The Bertz CT molecular complexity index is 546. The molecule has 1 aromatic rings. The predicted octanol–water partition coefficient (Wildman–Crippen LogP) is 3.10. The molecule has 0 radical (unpaired) electrons. The van der Waals surface area contributed by atoms with Gasteiger partial charge in [0.25, 0.3) is 0 Å². The van der Waals surface area contributed by atoms with Crippen LogP contribution in [0.15, 0.2) is 24.3 Å². The van der Waals surface area contributed by atoms with E-state index in [1.54, 1.807) is 13.8 Å². The van der Waals surface area contributed by atoms with E-state index in [4.69, 9.17) is 27.9 Å². The number of halogens is 2. The van der Waals surface area contributed by atoms with Gasteiger partial charge in [-0.1, -0.05) is 12.1 Å². The molecule has 0 aliphatic heterocycles. The van der Waals surface area contributed by atoms with Crippen molar-refractivity contribution in [1.29, 1.82) is 0 Å². The summed E-state index contributed by atoms with van der Waals surface area (Å²) in [4.78, 5) is 25.0. The highest BCUT2D eigenvalue weighted by atomic mass is 35.5. The van der Waals surface area contributed by atoms with E-state index in [-0.39, 0.29) is 12.5 Å². The van der Waals surface area contributed by atoms with Gasteiger partial charge < -0.3 is 20.1 Å². The van der Waals surface area contributed by atoms with Gasteiger partial charge in [0.1, 0.15) is 6.04 Å². The summed E-state index contributed by atoms with van der Waals surface area (Å²) in [6.07, 6.45) is -0.897. The molecule has 0 saturated heterocycles. The zero-order valence-electron chi connectivity index (χ0n) is 14.4. The van der Waals surface area contributed by atoms with Crippen molar-refractivity contribution in [2.24, 2.45) is 0 Å². The van der Waals surface area contributed by atoms with Crippen molar-refractivity contribution >= 4 is 41.0 Å². The molecule has 0 spiro atoms. The Balaban J connectivity index is 2.75. The largest absolute Gasteiger partial charge is 0.480 e. The van der Waals surface area contributed by atoms with Crippen LogP contribution in [0.5, 0.6) is 0 Å². The summed E-state index contributed by atoms with van der Waals surface area (Å²) in [6.45, 7) is 4.74. The highest BCUT2D eigenvalue weighted by Crippen LogP contribution is 2.16. The third-order valence-corrected chi connectivity index (χ3v) is 3.72. The number of carboxylic acid groups (broad SMARTS) is 1. The molecule has 0 bridgehead atoms. The molecule has 8 heteroatoms. The third kappa shape index (κ3) is 7.84. The molecule has 0 aliphatic rings. The van der Waals surface area contributed by atoms with Crippen LogP contribution in [0.25, 0.3) is 0 Å². The van der Waals surface area contributed by atoms with Crippen molar-refractivity contribution in [2.45, 2.75) is 32.4 Å². The predicted molar refractivity (Wildman–Crippen MR) is 100.0 cm³/mol. The molecule has 0 unspecified atom stereocenters. The Kier molecular flexibility index (Phi) is 9.45. The number of hydrogen-bond donors (Lipinski definition) is 2. The summed E-state index contributed by atoms with van der Waals surface area (Å²) in [6, 6.07) is 6.38. The lowest BCUT2D eigenvalue weighted by Crippen LogP contribution is -2.43. The van der Waals surface area contributed by atoms with Crippen LogP contribution in [-0.2, 0) is 16.0 Å². The van der Waals surface area contributed by atoms with Crippen molar-refractivity contribution in [3.8, 4) is 0 Å². The number of carboxylic acids is 1. The highest BCUT2D eigenvalue weighted by molar-refractivity contribution is 6.18. The van der Waals surface area contributed by atoms with E-state index in [1.807, 2.05) is 24.3 Å². The quantitative estimate of drug-likeness (QED) is 0.600. The molecule has 2 N–H and O–H groups in total. The van der Waals surface area contributed by atoms with Crippen LogP contribution in [-0.4, -0.2) is 54.2 Å². The van der Waals surface area contributed by atoms with Crippen molar-refractivity contribution < 1.29 is 19.4 Å². The summed E-state index contributed by atoms with van der Waals surface area (Å²) < 4.78 is 4.93. The van der Waals surface area contributed by atoms with Gasteiger partial charge >= 0.3 is 12.1 Å². The highest BCUT2D eigenvalue weighted by Gasteiger charge is 2.21. The average Bonchev–Trinajstić information content (AvgIpc) is 2.54. The molecule has 140 valence electrons. The molecule has 0 aromatic heterocycles. The second-order valence-electron chi connectivity index (χ2n) is 5.72. The fourth-order valence-electron chi connectivity index (χ4n) is 2.24. The number of rotatable bonds is 10. The van der Waals surface area contributed by atoms with Gasteiger partial charge in [-0.25, -0.2) is 9.59 Å². The topological polar surface area (TPSA) is 78.9 Å². The van der Waals surface area contributed by atoms with Crippen LogP contribution < -0.4 is 10.2 Å². The Hall–Kier alpha value is -1.66. The zero-order valence-corrected chi connectivity index (χ0v) is 15.9. The number of carbonyl (C=O) groups is 2. The Morgan fingerprint density at radius 2 is 1.72 bits per heavy atom. The fraction of sp³-hybridized carbons (Fsp3) is 0.529. The standard InChI is InChI=1S/C17H24Cl2N2O4/c1-12(2)25-17(24)20-15(16(22)23)11-13-3-5-14(6-4-13)21(9-7-18)10-8-19/h3-6,12,15H,7-11H2,1-2H3,(H,20,24)(H,22,23)/t15-/m0/s1. The van der Waals surface area contributed by atoms with Crippen LogP contribution in [0.4, 0.5) is 10.5 Å². The van der Waals surface area contributed by atoms with Crippen LogP contribution >= 0.6 is 23.2 Å². The van der Waals surface area contributed by atoms with Gasteiger partial charge in [-0.15, -0.1) is 23.2 Å². The third-order valence-electron chi connectivity index (χ3n) is 3.38. The summed E-state index contributed by atoms with van der Waals surface area (Å²) in [5.41, 5.74) is 1.75. The molecular formula is C17H24Cl2N2O4. The number of aliphatic carboxylic acids is 1. The lowest BCUT2D eigenvalue weighted by Gasteiger charge is -2.23. The summed E-state index contributed by atoms with van der Waals surface area (Å²) >= 11 is 11.6. The van der Waals surface area contributed by atoms with E-state index in [9.17, 15) is 14.7 Å². The molecule has 0 saturated carbocycles. The first-order valence-electron chi connectivity index (χ1n) is 8.03. The van der Waals surface area contributed by atoms with Gasteiger partial charge in [-0.05, 0) is 31.5 Å². The molecule has 0 fully saturated rings. The van der Waals surface area contributed by atoms with E-state index in [1.165, 1.54) is 0 Å². The van der Waals surface area contributed by atoms with Crippen molar-refractivity contribution in [1.82, 2.24) is 5.32 Å². The minimum atomic E-state index is -1.12. The molecule has 25 heavy (non-hydrogen) atoms. The maximum absolute atomic E-state index is 11.6.